The molecule has 0 saturated carbocycles. The second-order valence-corrected chi connectivity index (χ2v) is 7.01. The van der Waals surface area contributed by atoms with E-state index in [-0.39, 0.29) is 16.7 Å². The highest BCUT2D eigenvalue weighted by atomic mass is 32.2. The molecule has 7 nitrogen and oxygen atoms in total. The fourth-order valence-corrected chi connectivity index (χ4v) is 4.00. The highest BCUT2D eigenvalue weighted by Crippen LogP contribution is 2.21. The molecule has 1 aromatic heterocycles. The van der Waals surface area contributed by atoms with E-state index in [1.807, 2.05) is 0 Å². The van der Waals surface area contributed by atoms with Gasteiger partial charge in [0, 0.05) is 32.9 Å². The molecule has 0 aromatic carbocycles. The number of carboxylic acids is 1. The molecule has 118 valence electrons. The van der Waals surface area contributed by atoms with Gasteiger partial charge in [-0.05, 0) is 18.9 Å². The normalized spacial score (nSPS) is 19.3. The zero-order chi connectivity index (χ0) is 15.6. The molecule has 0 aliphatic carbocycles. The van der Waals surface area contributed by atoms with Gasteiger partial charge in [0.25, 0.3) is 0 Å². The van der Waals surface area contributed by atoms with E-state index in [2.05, 4.69) is 0 Å². The number of aryl methyl sites for hydroxylation is 1. The van der Waals surface area contributed by atoms with Crippen LogP contribution in [0.1, 0.15) is 30.3 Å². The van der Waals surface area contributed by atoms with Gasteiger partial charge in [0.15, 0.2) is 0 Å². The lowest BCUT2D eigenvalue weighted by Crippen LogP contribution is -2.37. The van der Waals surface area contributed by atoms with E-state index in [0.717, 1.165) is 12.8 Å². The Morgan fingerprint density at radius 2 is 2.29 bits per heavy atom. The molecule has 1 aliphatic heterocycles. The molecule has 2 heterocycles. The third kappa shape index (κ3) is 3.28. The van der Waals surface area contributed by atoms with Gasteiger partial charge in [-0.3, -0.25) is 0 Å². The largest absolute Gasteiger partial charge is 0.477 e. The molecule has 1 N–H and O–H groups in total. The summed E-state index contributed by atoms with van der Waals surface area (Å²) in [5.74, 6) is -1.15. The van der Waals surface area contributed by atoms with Crippen molar-refractivity contribution >= 4 is 16.0 Å². The molecule has 1 aromatic rings. The lowest BCUT2D eigenvalue weighted by Gasteiger charge is -2.22. The number of aromatic nitrogens is 1. The molecule has 1 fully saturated rings. The van der Waals surface area contributed by atoms with E-state index in [9.17, 15) is 13.2 Å². The molecule has 1 unspecified atom stereocenters. The maximum atomic E-state index is 12.6. The first-order valence-corrected chi connectivity index (χ1v) is 8.31. The smallest absolute Gasteiger partial charge is 0.352 e. The van der Waals surface area contributed by atoms with Crippen molar-refractivity contribution in [2.75, 3.05) is 19.7 Å². The van der Waals surface area contributed by atoms with Gasteiger partial charge in [0.2, 0.25) is 10.0 Å². The summed E-state index contributed by atoms with van der Waals surface area (Å²) in [4.78, 5) is 11.0. The monoisotopic (exact) mass is 316 g/mol. The Balaban J connectivity index is 2.25. The number of carbonyl (C=O) groups is 1. The SMILES string of the molecule is CCN(CC1CCCO1)S(=O)(=O)c1cc(C(=O)O)n(C)c1. The van der Waals surface area contributed by atoms with Crippen LogP contribution in [0.25, 0.3) is 0 Å². The van der Waals surface area contributed by atoms with E-state index in [1.165, 1.54) is 28.2 Å². The Morgan fingerprint density at radius 3 is 2.76 bits per heavy atom. The Kier molecular flexibility index (Phi) is 4.70. The molecule has 1 aliphatic rings. The van der Waals surface area contributed by atoms with Crippen molar-refractivity contribution in [1.29, 1.82) is 0 Å². The number of likely N-dealkylation sites (N-methyl/N-ethyl adjacent to an activating group) is 1. The lowest BCUT2D eigenvalue weighted by molar-refractivity contribution is 0.0686. The highest BCUT2D eigenvalue weighted by Gasteiger charge is 2.29. The number of sulfonamides is 1. The van der Waals surface area contributed by atoms with Crippen molar-refractivity contribution in [3.05, 3.63) is 18.0 Å². The second kappa shape index (κ2) is 6.17. The van der Waals surface area contributed by atoms with Gasteiger partial charge in [-0.25, -0.2) is 13.2 Å². The zero-order valence-corrected chi connectivity index (χ0v) is 13.0. The second-order valence-electron chi connectivity index (χ2n) is 5.07. The number of ether oxygens (including phenoxy) is 1. The summed E-state index contributed by atoms with van der Waals surface area (Å²) in [6.07, 6.45) is 3.04. The summed E-state index contributed by atoms with van der Waals surface area (Å²) in [5, 5.41) is 9.02. The van der Waals surface area contributed by atoms with E-state index < -0.39 is 16.0 Å². The first kappa shape index (κ1) is 16.0. The molecule has 8 heteroatoms. The summed E-state index contributed by atoms with van der Waals surface area (Å²) in [7, 11) is -2.19. The molecular weight excluding hydrogens is 296 g/mol. The minimum atomic E-state index is -3.70. The molecule has 1 saturated heterocycles. The molecule has 1 atom stereocenters. The minimum Gasteiger partial charge on any atom is -0.477 e. The van der Waals surface area contributed by atoms with Gasteiger partial charge in [-0.1, -0.05) is 6.92 Å². The van der Waals surface area contributed by atoms with Gasteiger partial charge < -0.3 is 14.4 Å². The van der Waals surface area contributed by atoms with Gasteiger partial charge in [0.05, 0.1) is 6.10 Å². The van der Waals surface area contributed by atoms with Gasteiger partial charge in [0.1, 0.15) is 10.6 Å². The maximum Gasteiger partial charge on any atom is 0.352 e. The van der Waals surface area contributed by atoms with Crippen LogP contribution in [0.15, 0.2) is 17.2 Å². The fourth-order valence-electron chi connectivity index (χ4n) is 2.45. The first-order valence-electron chi connectivity index (χ1n) is 6.87. The summed E-state index contributed by atoms with van der Waals surface area (Å²) in [6.45, 7) is 3.04. The number of hydrogen-bond acceptors (Lipinski definition) is 4. The Morgan fingerprint density at radius 1 is 1.57 bits per heavy atom. The van der Waals surface area contributed by atoms with Crippen LogP contribution in [0.5, 0.6) is 0 Å². The van der Waals surface area contributed by atoms with E-state index in [1.54, 1.807) is 6.92 Å². The van der Waals surface area contributed by atoms with Crippen molar-refractivity contribution in [3.8, 4) is 0 Å². The molecule has 0 spiro atoms. The average Bonchev–Trinajstić information content (AvgIpc) is 3.04. The van der Waals surface area contributed by atoms with Crippen molar-refractivity contribution in [2.45, 2.75) is 30.8 Å². The molecule has 0 bridgehead atoms. The first-order chi connectivity index (χ1) is 9.86. The highest BCUT2D eigenvalue weighted by molar-refractivity contribution is 7.89. The average molecular weight is 316 g/mol. The van der Waals surface area contributed by atoms with Crippen LogP contribution in [0.3, 0.4) is 0 Å². The Bertz CT molecular complexity index is 617. The standard InChI is InChI=1S/C13H20N2O5S/c1-3-15(8-10-5-4-6-20-10)21(18,19)11-7-12(13(16)17)14(2)9-11/h7,9-10H,3-6,8H2,1-2H3,(H,16,17). The Hall–Kier alpha value is -1.38. The minimum absolute atomic E-state index is 0.00208. The number of carboxylic acid groups (broad SMARTS) is 1. The summed E-state index contributed by atoms with van der Waals surface area (Å²) in [6, 6.07) is 1.19. The van der Waals surface area contributed by atoms with E-state index in [4.69, 9.17) is 9.84 Å². The summed E-state index contributed by atoms with van der Waals surface area (Å²) in [5.41, 5.74) is -0.0539. The third-order valence-electron chi connectivity index (χ3n) is 3.62. The van der Waals surface area contributed by atoms with E-state index in [0.29, 0.717) is 19.7 Å². The molecule has 21 heavy (non-hydrogen) atoms. The maximum absolute atomic E-state index is 12.6. The van der Waals surface area contributed by atoms with Crippen molar-refractivity contribution in [1.82, 2.24) is 8.87 Å². The zero-order valence-electron chi connectivity index (χ0n) is 12.2. The number of aromatic carboxylic acids is 1. The molecule has 0 amide bonds. The van der Waals surface area contributed by atoms with Crippen LogP contribution >= 0.6 is 0 Å². The molecule has 2 rings (SSSR count). The van der Waals surface area contributed by atoms with Crippen LogP contribution in [0, 0.1) is 0 Å². The predicted octanol–water partition coefficient (Wildman–Crippen LogP) is 0.913. The summed E-state index contributed by atoms with van der Waals surface area (Å²) < 4.78 is 33.3. The molecule has 0 radical (unpaired) electrons. The van der Waals surface area contributed by atoms with Crippen LogP contribution < -0.4 is 0 Å². The van der Waals surface area contributed by atoms with E-state index >= 15 is 0 Å². The topological polar surface area (TPSA) is 88.8 Å². The van der Waals surface area contributed by atoms with Crippen LogP contribution in [-0.2, 0) is 21.8 Å². The molecular formula is C13H20N2O5S. The Labute approximate surface area is 124 Å². The van der Waals surface area contributed by atoms with Crippen LogP contribution in [0.2, 0.25) is 0 Å². The third-order valence-corrected chi connectivity index (χ3v) is 5.53. The predicted molar refractivity (Wildman–Crippen MR) is 75.8 cm³/mol. The lowest BCUT2D eigenvalue weighted by atomic mass is 10.2. The van der Waals surface area contributed by atoms with Crippen molar-refractivity contribution in [2.24, 2.45) is 7.05 Å². The van der Waals surface area contributed by atoms with Gasteiger partial charge in [-0.15, -0.1) is 0 Å². The van der Waals surface area contributed by atoms with Crippen LogP contribution in [0.4, 0.5) is 0 Å². The van der Waals surface area contributed by atoms with Gasteiger partial charge in [-0.2, -0.15) is 4.31 Å². The van der Waals surface area contributed by atoms with Crippen molar-refractivity contribution in [3.63, 3.8) is 0 Å². The quantitative estimate of drug-likeness (QED) is 0.843. The van der Waals surface area contributed by atoms with Crippen molar-refractivity contribution < 1.29 is 23.1 Å². The number of hydrogen-bond donors (Lipinski definition) is 1. The number of nitrogens with zero attached hydrogens (tertiary/aromatic N) is 2. The van der Waals surface area contributed by atoms with Gasteiger partial charge >= 0.3 is 5.97 Å². The van der Waals surface area contributed by atoms with Crippen LogP contribution in [-0.4, -0.2) is 54.2 Å². The fraction of sp³-hybridized carbons (Fsp3) is 0.615. The number of rotatable bonds is 6. The summed E-state index contributed by atoms with van der Waals surface area (Å²) >= 11 is 0.